The van der Waals surface area contributed by atoms with Crippen LogP contribution in [0.1, 0.15) is 0 Å². The van der Waals surface area contributed by atoms with Gasteiger partial charge in [0.25, 0.3) is 0 Å². The van der Waals surface area contributed by atoms with Crippen molar-refractivity contribution in [3.63, 3.8) is 0 Å². The molecule has 2 heterocycles. The molecule has 1 aliphatic rings. The summed E-state index contributed by atoms with van der Waals surface area (Å²) >= 11 is 0. The van der Waals surface area contributed by atoms with Crippen molar-refractivity contribution in [2.45, 2.75) is 0 Å². The van der Waals surface area contributed by atoms with Gasteiger partial charge in [-0.1, -0.05) is 10.6 Å². The second-order valence-corrected chi connectivity index (χ2v) is 4.96. The normalized spacial score (nSPS) is 17.5. The molecule has 0 saturated carbocycles. The van der Waals surface area contributed by atoms with Gasteiger partial charge in [-0.25, -0.2) is 4.98 Å². The Bertz CT molecular complexity index is 292. The van der Waals surface area contributed by atoms with Gasteiger partial charge in [0.05, 0.1) is 13.1 Å². The number of pyridine rings is 1. The number of anilines is 1. The highest BCUT2D eigenvalue weighted by Gasteiger charge is 2.25. The van der Waals surface area contributed by atoms with Crippen LogP contribution < -0.4 is 4.90 Å². The fourth-order valence-electron chi connectivity index (χ4n) is 1.46. The lowest BCUT2D eigenvalue weighted by atomic mass is 10.4. The van der Waals surface area contributed by atoms with Crippen molar-refractivity contribution in [1.29, 1.82) is 0 Å². The zero-order valence-electron chi connectivity index (χ0n) is 7.39. The molecule has 1 saturated heterocycles. The molecule has 0 atom stereocenters. The smallest absolute Gasteiger partial charge is 0.342 e. The minimum absolute atomic E-state index is 0.811. The van der Waals surface area contributed by atoms with E-state index in [4.69, 9.17) is 0 Å². The van der Waals surface area contributed by atoms with E-state index in [0.29, 0.717) is 0 Å². The van der Waals surface area contributed by atoms with Crippen molar-refractivity contribution >= 4 is 13.6 Å². The molecule has 3 nitrogen and oxygen atoms in total. The quantitative estimate of drug-likeness (QED) is 0.640. The highest BCUT2D eigenvalue weighted by atomic mass is 31.1. The summed E-state index contributed by atoms with van der Waals surface area (Å²) in [7, 11) is -0.928. The Balaban J connectivity index is 2.07. The molecule has 0 spiro atoms. The molecule has 4 heteroatoms. The number of aromatic nitrogens is 1. The largest absolute Gasteiger partial charge is 0.348 e. The lowest BCUT2D eigenvalue weighted by Crippen LogP contribution is -2.32. The third-order valence-corrected chi connectivity index (χ3v) is 3.61. The molecule has 0 aromatic carbocycles. The first-order valence-electron chi connectivity index (χ1n) is 4.44. The average Bonchev–Trinajstić information content (AvgIpc) is 2.20. The van der Waals surface area contributed by atoms with Gasteiger partial charge >= 0.3 is 7.80 Å². The SMILES string of the molecule is O=[P+]1CCN(c2ccccn2)CC1. The van der Waals surface area contributed by atoms with Gasteiger partial charge in [0.1, 0.15) is 5.82 Å². The number of rotatable bonds is 1. The minimum Gasteiger partial charge on any atom is -0.348 e. The molecule has 0 unspecified atom stereocenters. The summed E-state index contributed by atoms with van der Waals surface area (Å²) in [6.45, 7) is 1.76. The van der Waals surface area contributed by atoms with Crippen LogP contribution in [0.25, 0.3) is 0 Å². The standard InChI is InChI=1S/C9H12N2OP/c12-13-7-5-11(6-8-13)9-3-1-2-4-10-9/h1-4H,5-8H2/q+1. The molecule has 0 N–H and O–H groups in total. The van der Waals surface area contributed by atoms with Crippen LogP contribution in [-0.4, -0.2) is 30.4 Å². The van der Waals surface area contributed by atoms with Crippen molar-refractivity contribution in [1.82, 2.24) is 4.98 Å². The maximum Gasteiger partial charge on any atom is 0.342 e. The Kier molecular flexibility index (Phi) is 2.55. The van der Waals surface area contributed by atoms with Crippen LogP contribution in [0.3, 0.4) is 0 Å². The first kappa shape index (κ1) is 8.64. The topological polar surface area (TPSA) is 33.2 Å². The van der Waals surface area contributed by atoms with Gasteiger partial charge in [-0.3, -0.25) is 0 Å². The van der Waals surface area contributed by atoms with Gasteiger partial charge in [-0.05, 0) is 12.1 Å². The first-order chi connectivity index (χ1) is 6.36. The molecule has 13 heavy (non-hydrogen) atoms. The molecule has 2 rings (SSSR count). The predicted octanol–water partition coefficient (Wildman–Crippen LogP) is 1.73. The Morgan fingerprint density at radius 3 is 2.69 bits per heavy atom. The minimum atomic E-state index is -0.928. The fraction of sp³-hybridized carbons (Fsp3) is 0.444. The third-order valence-electron chi connectivity index (χ3n) is 2.21. The summed E-state index contributed by atoms with van der Waals surface area (Å²) < 4.78 is 11.1. The molecule has 0 bridgehead atoms. The molecule has 0 radical (unpaired) electrons. The number of nitrogens with zero attached hydrogens (tertiary/aromatic N) is 2. The van der Waals surface area contributed by atoms with Crippen LogP contribution in [0.5, 0.6) is 0 Å². The van der Waals surface area contributed by atoms with Gasteiger partial charge in [0.2, 0.25) is 0 Å². The molecule has 1 aromatic heterocycles. The van der Waals surface area contributed by atoms with E-state index in [1.165, 1.54) is 0 Å². The van der Waals surface area contributed by atoms with Gasteiger partial charge < -0.3 is 4.90 Å². The summed E-state index contributed by atoms with van der Waals surface area (Å²) in [6.07, 6.45) is 3.42. The van der Waals surface area contributed by atoms with E-state index in [1.807, 2.05) is 18.2 Å². The Morgan fingerprint density at radius 2 is 2.08 bits per heavy atom. The van der Waals surface area contributed by atoms with Crippen LogP contribution in [0.15, 0.2) is 24.4 Å². The van der Waals surface area contributed by atoms with Crippen LogP contribution in [-0.2, 0) is 4.57 Å². The molecule has 0 aliphatic carbocycles. The van der Waals surface area contributed by atoms with Crippen molar-refractivity contribution in [3.05, 3.63) is 24.4 Å². The molecule has 0 amide bonds. The Hall–Kier alpha value is -0.950. The number of hydrogen-bond acceptors (Lipinski definition) is 3. The lowest BCUT2D eigenvalue weighted by molar-refractivity contribution is 0.582. The van der Waals surface area contributed by atoms with E-state index in [0.717, 1.165) is 31.2 Å². The van der Waals surface area contributed by atoms with Crippen molar-refractivity contribution in [2.75, 3.05) is 30.3 Å². The summed E-state index contributed by atoms with van der Waals surface area (Å²) in [5.74, 6) is 1.01. The van der Waals surface area contributed by atoms with E-state index >= 15 is 0 Å². The van der Waals surface area contributed by atoms with Crippen LogP contribution in [0.4, 0.5) is 5.82 Å². The lowest BCUT2D eigenvalue weighted by Gasteiger charge is -2.22. The maximum atomic E-state index is 11.1. The molecule has 1 fully saturated rings. The molecule has 1 aromatic rings. The fourth-order valence-corrected chi connectivity index (χ4v) is 2.61. The van der Waals surface area contributed by atoms with E-state index < -0.39 is 7.80 Å². The highest BCUT2D eigenvalue weighted by Crippen LogP contribution is 2.26. The van der Waals surface area contributed by atoms with E-state index in [9.17, 15) is 4.57 Å². The first-order valence-corrected chi connectivity index (χ1v) is 6.07. The van der Waals surface area contributed by atoms with Crippen LogP contribution in [0.2, 0.25) is 0 Å². The van der Waals surface area contributed by atoms with Crippen molar-refractivity contribution in [2.24, 2.45) is 0 Å². The average molecular weight is 195 g/mol. The van der Waals surface area contributed by atoms with E-state index in [1.54, 1.807) is 6.20 Å². The summed E-state index contributed by atoms with van der Waals surface area (Å²) in [6, 6.07) is 5.89. The van der Waals surface area contributed by atoms with Crippen LogP contribution >= 0.6 is 7.80 Å². The molecule has 68 valence electrons. The zero-order valence-corrected chi connectivity index (χ0v) is 8.28. The zero-order chi connectivity index (χ0) is 9.10. The Labute approximate surface area is 78.6 Å². The second-order valence-electron chi connectivity index (χ2n) is 3.10. The highest BCUT2D eigenvalue weighted by molar-refractivity contribution is 7.44. The summed E-state index contributed by atoms with van der Waals surface area (Å²) in [5.41, 5.74) is 0. The molecular formula is C9H12N2OP+. The predicted molar refractivity (Wildman–Crippen MR) is 53.8 cm³/mol. The Morgan fingerprint density at radius 1 is 1.31 bits per heavy atom. The molecule has 1 aliphatic heterocycles. The molecular weight excluding hydrogens is 183 g/mol. The summed E-state index contributed by atoms with van der Waals surface area (Å²) in [4.78, 5) is 6.45. The van der Waals surface area contributed by atoms with Crippen LogP contribution in [0, 0.1) is 0 Å². The van der Waals surface area contributed by atoms with E-state index in [2.05, 4.69) is 9.88 Å². The number of hydrogen-bond donors (Lipinski definition) is 0. The van der Waals surface area contributed by atoms with Gasteiger partial charge in [0.15, 0.2) is 12.3 Å². The maximum absolute atomic E-state index is 11.1. The third kappa shape index (κ3) is 2.04. The second kappa shape index (κ2) is 3.84. The van der Waals surface area contributed by atoms with Gasteiger partial charge in [-0.2, -0.15) is 0 Å². The van der Waals surface area contributed by atoms with Crippen molar-refractivity contribution in [3.8, 4) is 0 Å². The van der Waals surface area contributed by atoms with Gasteiger partial charge in [0, 0.05) is 6.20 Å². The van der Waals surface area contributed by atoms with Crippen molar-refractivity contribution < 1.29 is 4.57 Å². The van der Waals surface area contributed by atoms with E-state index in [-0.39, 0.29) is 0 Å². The van der Waals surface area contributed by atoms with Gasteiger partial charge in [-0.15, -0.1) is 0 Å². The summed E-state index contributed by atoms with van der Waals surface area (Å²) in [5, 5.41) is 0. The monoisotopic (exact) mass is 195 g/mol.